The number of benzene rings is 1. The quantitative estimate of drug-likeness (QED) is 0.486. The van der Waals surface area contributed by atoms with Gasteiger partial charge in [0.25, 0.3) is 5.91 Å². The molecule has 0 unspecified atom stereocenters. The van der Waals surface area contributed by atoms with Crippen molar-refractivity contribution < 1.29 is 18.4 Å². The number of carbonyl (C=O) groups is 2. The van der Waals surface area contributed by atoms with E-state index in [0.29, 0.717) is 11.4 Å². The van der Waals surface area contributed by atoms with Crippen LogP contribution in [0, 0.1) is 17.2 Å². The highest BCUT2D eigenvalue weighted by molar-refractivity contribution is 6.00. The average Bonchev–Trinajstić information content (AvgIpc) is 3.58. The molecule has 1 aromatic carbocycles. The van der Waals surface area contributed by atoms with Gasteiger partial charge >= 0.3 is 0 Å². The normalized spacial score (nSPS) is 14.3. The fourth-order valence-corrected chi connectivity index (χ4v) is 3.13. The lowest BCUT2D eigenvalue weighted by atomic mass is 10.1. The van der Waals surface area contributed by atoms with Crippen LogP contribution in [-0.4, -0.2) is 50.9 Å². The molecule has 168 valence electrons. The Balaban J connectivity index is 1.80. The van der Waals surface area contributed by atoms with Gasteiger partial charge in [-0.2, -0.15) is 10.4 Å². The minimum absolute atomic E-state index is 0.0150. The monoisotopic (exact) mass is 450 g/mol. The van der Waals surface area contributed by atoms with Crippen LogP contribution in [0.25, 0.3) is 11.4 Å². The van der Waals surface area contributed by atoms with Gasteiger partial charge in [-0.1, -0.05) is 0 Å². The summed E-state index contributed by atoms with van der Waals surface area (Å²) < 4.78 is 29.1. The Bertz CT molecular complexity index is 1380. The molecule has 0 atom stereocenters. The van der Waals surface area contributed by atoms with Crippen LogP contribution in [0.3, 0.4) is 0 Å². The van der Waals surface area contributed by atoms with E-state index >= 15 is 0 Å². The van der Waals surface area contributed by atoms with E-state index in [-0.39, 0.29) is 46.0 Å². The smallest absolute Gasteiger partial charge is 0.273 e. The van der Waals surface area contributed by atoms with Gasteiger partial charge in [-0.3, -0.25) is 14.3 Å². The number of nitrogens with zero attached hydrogens (tertiary/aromatic N) is 6. The van der Waals surface area contributed by atoms with Crippen molar-refractivity contribution in [1.82, 2.24) is 30.3 Å². The van der Waals surface area contributed by atoms with Gasteiger partial charge in [-0.05, 0) is 25.0 Å². The summed E-state index contributed by atoms with van der Waals surface area (Å²) in [5.41, 5.74) is 0.369. The number of amides is 2. The Morgan fingerprint density at radius 3 is 2.79 bits per heavy atom. The standard InChI is InChI=1S/C21H21N9O3/c1-23-21(32)17-14(8-15(27-28-17)26-20(31)11-4-5-11)25-16-12(9-22)6-7-13(18(16)33-3)19-24-10-30(2)29-19/h6-8,10-11H,4-5H2,1-3H3,(H,23,32)(H2,25,26,27,31)/i1D3. The lowest BCUT2D eigenvalue weighted by Gasteiger charge is -2.17. The molecule has 33 heavy (non-hydrogen) atoms. The highest BCUT2D eigenvalue weighted by atomic mass is 16.5. The zero-order valence-corrected chi connectivity index (χ0v) is 17.7. The summed E-state index contributed by atoms with van der Waals surface area (Å²) in [5.74, 6) is -0.830. The van der Waals surface area contributed by atoms with Crippen LogP contribution in [0.2, 0.25) is 0 Å². The molecule has 1 aliphatic carbocycles. The van der Waals surface area contributed by atoms with E-state index in [9.17, 15) is 14.9 Å². The molecule has 0 saturated heterocycles. The highest BCUT2D eigenvalue weighted by Crippen LogP contribution is 2.39. The van der Waals surface area contributed by atoms with Gasteiger partial charge in [0.05, 0.1) is 23.9 Å². The van der Waals surface area contributed by atoms with Crippen molar-refractivity contribution in [3.8, 4) is 23.2 Å². The molecule has 3 aromatic rings. The second kappa shape index (κ2) is 8.91. The summed E-state index contributed by atoms with van der Waals surface area (Å²) >= 11 is 0. The summed E-state index contributed by atoms with van der Waals surface area (Å²) in [4.78, 5) is 29.1. The molecule has 0 spiro atoms. The summed E-state index contributed by atoms with van der Waals surface area (Å²) in [5, 5.41) is 29.1. The van der Waals surface area contributed by atoms with E-state index < -0.39 is 12.9 Å². The minimum atomic E-state index is -2.78. The predicted octanol–water partition coefficient (Wildman–Crippen LogP) is 1.60. The molecule has 12 nitrogen and oxygen atoms in total. The van der Waals surface area contributed by atoms with Crippen LogP contribution in [0.4, 0.5) is 17.2 Å². The average molecular weight is 450 g/mol. The van der Waals surface area contributed by atoms with Crippen LogP contribution in [-0.2, 0) is 11.8 Å². The highest BCUT2D eigenvalue weighted by Gasteiger charge is 2.30. The lowest BCUT2D eigenvalue weighted by Crippen LogP contribution is -2.22. The Morgan fingerprint density at radius 1 is 1.33 bits per heavy atom. The number of aryl methyl sites for hydroxylation is 1. The molecule has 2 aromatic heterocycles. The third-order valence-electron chi connectivity index (χ3n) is 4.90. The third-order valence-corrected chi connectivity index (χ3v) is 4.90. The maximum Gasteiger partial charge on any atom is 0.273 e. The zero-order chi connectivity index (χ0) is 26.0. The van der Waals surface area contributed by atoms with Crippen LogP contribution in [0.5, 0.6) is 5.75 Å². The molecule has 1 aliphatic rings. The number of nitriles is 1. The molecule has 4 rings (SSSR count). The first-order valence-corrected chi connectivity index (χ1v) is 9.85. The fraction of sp³-hybridized carbons (Fsp3) is 0.286. The van der Waals surface area contributed by atoms with Crippen LogP contribution >= 0.6 is 0 Å². The first-order valence-electron chi connectivity index (χ1n) is 11.3. The number of hydrogen-bond donors (Lipinski definition) is 3. The number of carbonyl (C=O) groups excluding carboxylic acids is 2. The van der Waals surface area contributed by atoms with E-state index in [1.54, 1.807) is 13.1 Å². The molecule has 0 radical (unpaired) electrons. The van der Waals surface area contributed by atoms with Gasteiger partial charge in [0.1, 0.15) is 18.1 Å². The van der Waals surface area contributed by atoms with Crippen molar-refractivity contribution in [3.63, 3.8) is 0 Å². The first-order chi connectivity index (χ1) is 17.1. The molecule has 0 bridgehead atoms. The Hall–Kier alpha value is -4.53. The molecular formula is C21H21N9O3. The van der Waals surface area contributed by atoms with E-state index in [4.69, 9.17) is 8.85 Å². The van der Waals surface area contributed by atoms with Crippen molar-refractivity contribution in [2.75, 3.05) is 24.7 Å². The molecule has 2 amide bonds. The number of aromatic nitrogens is 5. The molecule has 12 heteroatoms. The van der Waals surface area contributed by atoms with Gasteiger partial charge in [-0.15, -0.1) is 10.2 Å². The van der Waals surface area contributed by atoms with Gasteiger partial charge in [0.15, 0.2) is 23.1 Å². The Kier molecular flexibility index (Phi) is 4.88. The molecule has 3 N–H and O–H groups in total. The predicted molar refractivity (Wildman–Crippen MR) is 118 cm³/mol. The summed E-state index contributed by atoms with van der Waals surface area (Å²) in [6, 6.07) is 6.51. The van der Waals surface area contributed by atoms with E-state index in [2.05, 4.69) is 30.9 Å². The van der Waals surface area contributed by atoms with Crippen molar-refractivity contribution in [2.45, 2.75) is 12.8 Å². The zero-order valence-electron chi connectivity index (χ0n) is 20.7. The van der Waals surface area contributed by atoms with E-state index in [0.717, 1.165) is 12.8 Å². The van der Waals surface area contributed by atoms with E-state index in [1.807, 2.05) is 11.4 Å². The topological polar surface area (TPSA) is 160 Å². The number of anilines is 3. The van der Waals surface area contributed by atoms with Crippen molar-refractivity contribution in [2.24, 2.45) is 13.0 Å². The van der Waals surface area contributed by atoms with Crippen LogP contribution < -0.4 is 20.7 Å². The second-order valence-electron chi connectivity index (χ2n) is 7.26. The molecule has 1 saturated carbocycles. The largest absolute Gasteiger partial charge is 0.494 e. The Morgan fingerprint density at radius 2 is 2.15 bits per heavy atom. The third kappa shape index (κ3) is 4.42. The number of rotatable bonds is 7. The van der Waals surface area contributed by atoms with Gasteiger partial charge < -0.3 is 20.7 Å². The SMILES string of the molecule is [2H]C([2H])([2H])NC(=O)c1nnc(NC(=O)C2CC2)cc1Nc1c(C#N)ccc(-c2ncn(C)n2)c1OC. The maximum absolute atomic E-state index is 12.7. The summed E-state index contributed by atoms with van der Waals surface area (Å²) in [7, 11) is 3.09. The molecular weight excluding hydrogens is 426 g/mol. The Labute approximate surface area is 193 Å². The fourth-order valence-electron chi connectivity index (χ4n) is 3.13. The van der Waals surface area contributed by atoms with E-state index in [1.165, 1.54) is 30.3 Å². The summed E-state index contributed by atoms with van der Waals surface area (Å²) in [6.07, 6.45) is 3.03. The maximum atomic E-state index is 12.7. The van der Waals surface area contributed by atoms with Crippen molar-refractivity contribution >= 4 is 29.0 Å². The van der Waals surface area contributed by atoms with Gasteiger partial charge in [-0.25, -0.2) is 4.98 Å². The first kappa shape index (κ1) is 18.1. The van der Waals surface area contributed by atoms with Gasteiger partial charge in [0, 0.05) is 30.1 Å². The van der Waals surface area contributed by atoms with Crippen molar-refractivity contribution in [3.05, 3.63) is 35.8 Å². The number of ether oxygens (including phenoxy) is 1. The number of nitrogens with one attached hydrogen (secondary N) is 3. The van der Waals surface area contributed by atoms with Crippen LogP contribution in [0.1, 0.15) is 33.0 Å². The molecule has 2 heterocycles. The number of hydrogen-bond acceptors (Lipinski definition) is 9. The van der Waals surface area contributed by atoms with Gasteiger partial charge in [0.2, 0.25) is 5.91 Å². The molecule has 1 fully saturated rings. The molecule has 0 aliphatic heterocycles. The number of methoxy groups -OCH3 is 1. The minimum Gasteiger partial charge on any atom is -0.494 e. The summed E-state index contributed by atoms with van der Waals surface area (Å²) in [6.45, 7) is -2.78. The van der Waals surface area contributed by atoms with Crippen LogP contribution in [0.15, 0.2) is 24.5 Å². The lowest BCUT2D eigenvalue weighted by molar-refractivity contribution is -0.117. The second-order valence-corrected chi connectivity index (χ2v) is 7.26. The van der Waals surface area contributed by atoms with Crippen molar-refractivity contribution in [1.29, 1.82) is 5.26 Å².